The molecule has 1 amide bonds. The van der Waals surface area contributed by atoms with Crippen LogP contribution in [0.1, 0.15) is 11.6 Å². The lowest BCUT2D eigenvalue weighted by atomic mass is 10.1. The third-order valence-electron chi connectivity index (χ3n) is 3.52. The molecule has 0 radical (unpaired) electrons. The van der Waals surface area contributed by atoms with Gasteiger partial charge in [0.1, 0.15) is 6.33 Å². The molecule has 118 valence electrons. The molecule has 0 fully saturated rings. The smallest absolute Gasteiger partial charge is 0.255 e. The van der Waals surface area contributed by atoms with Crippen LogP contribution in [0.15, 0.2) is 60.9 Å². The number of thiazole rings is 1. The normalized spacial score (nSPS) is 12.2. The van der Waals surface area contributed by atoms with Gasteiger partial charge in [-0.3, -0.25) is 10.1 Å². The highest BCUT2D eigenvalue weighted by Crippen LogP contribution is 2.27. The van der Waals surface area contributed by atoms with Gasteiger partial charge >= 0.3 is 0 Å². The molecule has 0 saturated carbocycles. The van der Waals surface area contributed by atoms with E-state index in [1.54, 1.807) is 0 Å². The number of hydrogen-bond donors (Lipinski definition) is 1. The maximum Gasteiger partial charge on any atom is 0.255 e. The molecule has 1 atom stereocenters. The van der Waals surface area contributed by atoms with E-state index in [1.807, 2.05) is 54.6 Å². The van der Waals surface area contributed by atoms with Gasteiger partial charge in [-0.1, -0.05) is 53.8 Å². The standard InChI is InChI=1S/C16H12N6OS/c23-15(19-16-18-12-8-4-5-9-13(12)24-16)14(22-10-17-20-21-22)11-6-2-1-3-7-11/h1-10,14H,(H,18,19,23)/t14-/m1/s1. The van der Waals surface area contributed by atoms with Gasteiger partial charge in [-0.15, -0.1) is 5.10 Å². The van der Waals surface area contributed by atoms with Crippen LogP contribution >= 0.6 is 11.3 Å². The maximum absolute atomic E-state index is 12.8. The Morgan fingerprint density at radius 2 is 1.88 bits per heavy atom. The molecule has 2 aromatic carbocycles. The topological polar surface area (TPSA) is 85.6 Å². The Balaban J connectivity index is 1.66. The Hall–Kier alpha value is -3.13. The van der Waals surface area contributed by atoms with E-state index in [2.05, 4.69) is 25.8 Å². The van der Waals surface area contributed by atoms with E-state index in [0.29, 0.717) is 5.13 Å². The van der Waals surface area contributed by atoms with Gasteiger partial charge in [0.05, 0.1) is 10.2 Å². The van der Waals surface area contributed by atoms with Gasteiger partial charge in [-0.25, -0.2) is 9.67 Å². The number of rotatable bonds is 4. The Morgan fingerprint density at radius 1 is 1.08 bits per heavy atom. The van der Waals surface area contributed by atoms with Crippen molar-refractivity contribution >= 4 is 32.6 Å². The fraction of sp³-hybridized carbons (Fsp3) is 0.0625. The minimum atomic E-state index is -0.659. The van der Waals surface area contributed by atoms with Crippen LogP contribution in [-0.2, 0) is 4.79 Å². The van der Waals surface area contributed by atoms with Crippen LogP contribution < -0.4 is 5.32 Å². The summed E-state index contributed by atoms with van der Waals surface area (Å²) in [4.78, 5) is 17.3. The third-order valence-corrected chi connectivity index (χ3v) is 4.47. The summed E-state index contributed by atoms with van der Waals surface area (Å²) >= 11 is 1.43. The Morgan fingerprint density at radius 3 is 2.62 bits per heavy atom. The number of hydrogen-bond acceptors (Lipinski definition) is 6. The van der Waals surface area contributed by atoms with Crippen LogP contribution in [0.4, 0.5) is 5.13 Å². The second kappa shape index (κ2) is 6.17. The highest BCUT2D eigenvalue weighted by atomic mass is 32.1. The summed E-state index contributed by atoms with van der Waals surface area (Å²) in [6.07, 6.45) is 1.43. The van der Waals surface area contributed by atoms with Gasteiger partial charge in [0, 0.05) is 0 Å². The van der Waals surface area contributed by atoms with Crippen molar-refractivity contribution in [1.82, 2.24) is 25.2 Å². The zero-order chi connectivity index (χ0) is 16.4. The highest BCUT2D eigenvalue weighted by molar-refractivity contribution is 7.22. The minimum Gasteiger partial charge on any atom is -0.300 e. The Bertz CT molecular complexity index is 934. The summed E-state index contributed by atoms with van der Waals surface area (Å²) in [6.45, 7) is 0. The predicted octanol–water partition coefficient (Wildman–Crippen LogP) is 2.51. The number of benzene rings is 2. The second-order valence-corrected chi connectivity index (χ2v) is 6.11. The van der Waals surface area contributed by atoms with Gasteiger partial charge in [0.2, 0.25) is 0 Å². The largest absolute Gasteiger partial charge is 0.300 e. The zero-order valence-corrected chi connectivity index (χ0v) is 13.2. The third kappa shape index (κ3) is 2.74. The summed E-state index contributed by atoms with van der Waals surface area (Å²) in [5.41, 5.74) is 1.65. The first-order valence-electron chi connectivity index (χ1n) is 7.25. The average molecular weight is 336 g/mol. The number of tetrazole rings is 1. The van der Waals surface area contributed by atoms with Crippen molar-refractivity contribution in [2.45, 2.75) is 6.04 Å². The summed E-state index contributed by atoms with van der Waals surface area (Å²) < 4.78 is 2.45. The summed E-state index contributed by atoms with van der Waals surface area (Å²) in [7, 11) is 0. The molecular weight excluding hydrogens is 324 g/mol. The lowest BCUT2D eigenvalue weighted by Gasteiger charge is -2.15. The summed E-state index contributed by atoms with van der Waals surface area (Å²) in [5.74, 6) is -0.243. The van der Waals surface area contributed by atoms with Gasteiger partial charge in [-0.05, 0) is 28.1 Å². The molecule has 2 aromatic heterocycles. The highest BCUT2D eigenvalue weighted by Gasteiger charge is 2.24. The molecular formula is C16H12N6OS. The molecule has 24 heavy (non-hydrogen) atoms. The molecule has 0 spiro atoms. The molecule has 8 heteroatoms. The number of aromatic nitrogens is 5. The first kappa shape index (κ1) is 14.5. The number of amides is 1. The van der Waals surface area contributed by atoms with Crippen LogP contribution in [0.5, 0.6) is 0 Å². The quantitative estimate of drug-likeness (QED) is 0.619. The molecule has 1 N–H and O–H groups in total. The number of nitrogens with one attached hydrogen (secondary N) is 1. The lowest BCUT2D eigenvalue weighted by Crippen LogP contribution is -2.27. The van der Waals surface area contributed by atoms with Crippen molar-refractivity contribution in [3.8, 4) is 0 Å². The first-order chi connectivity index (χ1) is 11.8. The van der Waals surface area contributed by atoms with Gasteiger partial charge < -0.3 is 0 Å². The number of carbonyl (C=O) groups excluding carboxylic acids is 1. The van der Waals surface area contributed by atoms with Crippen molar-refractivity contribution in [1.29, 1.82) is 0 Å². The zero-order valence-electron chi connectivity index (χ0n) is 12.4. The van der Waals surface area contributed by atoms with E-state index in [9.17, 15) is 4.79 Å². The first-order valence-corrected chi connectivity index (χ1v) is 8.07. The van der Waals surface area contributed by atoms with Crippen molar-refractivity contribution in [3.05, 3.63) is 66.5 Å². The molecule has 0 aliphatic carbocycles. The molecule has 7 nitrogen and oxygen atoms in total. The van der Waals surface area contributed by atoms with Crippen molar-refractivity contribution < 1.29 is 4.79 Å². The molecule has 4 rings (SSSR count). The van der Waals surface area contributed by atoms with Crippen LogP contribution in [0.2, 0.25) is 0 Å². The molecule has 0 aliphatic rings. The van der Waals surface area contributed by atoms with E-state index in [1.165, 1.54) is 22.3 Å². The van der Waals surface area contributed by atoms with Gasteiger partial charge in [0.25, 0.3) is 5.91 Å². The predicted molar refractivity (Wildman–Crippen MR) is 90.6 cm³/mol. The lowest BCUT2D eigenvalue weighted by molar-refractivity contribution is -0.118. The SMILES string of the molecule is O=C(Nc1nc2ccccc2s1)[C@@H](c1ccccc1)n1cnnn1. The van der Waals surface area contributed by atoms with E-state index in [4.69, 9.17) is 0 Å². The molecule has 0 bridgehead atoms. The Kier molecular flexibility index (Phi) is 3.72. The second-order valence-electron chi connectivity index (χ2n) is 5.08. The van der Waals surface area contributed by atoms with E-state index in [-0.39, 0.29) is 5.91 Å². The summed E-state index contributed by atoms with van der Waals surface area (Å²) in [5, 5.41) is 14.6. The number of nitrogens with zero attached hydrogens (tertiary/aromatic N) is 5. The molecule has 0 unspecified atom stereocenters. The average Bonchev–Trinajstić information content (AvgIpc) is 3.25. The van der Waals surface area contributed by atoms with Crippen LogP contribution in [0.25, 0.3) is 10.2 Å². The van der Waals surface area contributed by atoms with Crippen molar-refractivity contribution in [2.75, 3.05) is 5.32 Å². The molecule has 4 aromatic rings. The molecule has 0 saturated heterocycles. The Labute approximate surface area is 141 Å². The molecule has 0 aliphatic heterocycles. The molecule has 2 heterocycles. The number of anilines is 1. The number of fused-ring (bicyclic) bond motifs is 1. The fourth-order valence-electron chi connectivity index (χ4n) is 2.45. The van der Waals surface area contributed by atoms with Crippen LogP contribution in [0, 0.1) is 0 Å². The monoisotopic (exact) mass is 336 g/mol. The van der Waals surface area contributed by atoms with E-state index < -0.39 is 6.04 Å². The van der Waals surface area contributed by atoms with Crippen LogP contribution in [0.3, 0.4) is 0 Å². The van der Waals surface area contributed by atoms with Gasteiger partial charge in [0.15, 0.2) is 11.2 Å². The number of carbonyl (C=O) groups is 1. The van der Waals surface area contributed by atoms with E-state index in [0.717, 1.165) is 15.8 Å². The fourth-order valence-corrected chi connectivity index (χ4v) is 3.31. The van der Waals surface area contributed by atoms with E-state index >= 15 is 0 Å². The maximum atomic E-state index is 12.8. The summed E-state index contributed by atoms with van der Waals surface area (Å²) in [6, 6.07) is 16.5. The minimum absolute atomic E-state index is 0.243. The van der Waals surface area contributed by atoms with Gasteiger partial charge in [-0.2, -0.15) is 0 Å². The van der Waals surface area contributed by atoms with Crippen LogP contribution in [-0.4, -0.2) is 31.1 Å². The van der Waals surface area contributed by atoms with Crippen molar-refractivity contribution in [2.24, 2.45) is 0 Å². The van der Waals surface area contributed by atoms with Crippen molar-refractivity contribution in [3.63, 3.8) is 0 Å². The number of para-hydroxylation sites is 1.